The Balaban J connectivity index is 2.31. The summed E-state index contributed by atoms with van der Waals surface area (Å²) in [5.74, 6) is 2.32. The standard InChI is InChI=1S/C6H11NOS/c1-6(8)7-3-2-4-9-5-7/h2-5H2,1H3. The van der Waals surface area contributed by atoms with Crippen LogP contribution in [0.5, 0.6) is 0 Å². The van der Waals surface area contributed by atoms with Crippen LogP contribution in [0.1, 0.15) is 13.3 Å². The van der Waals surface area contributed by atoms with Crippen LogP contribution in [0.4, 0.5) is 0 Å². The van der Waals surface area contributed by atoms with E-state index in [-0.39, 0.29) is 5.91 Å². The Bertz CT molecular complexity index is 110. The highest BCUT2D eigenvalue weighted by Crippen LogP contribution is 2.12. The van der Waals surface area contributed by atoms with Crippen LogP contribution in [-0.2, 0) is 4.79 Å². The van der Waals surface area contributed by atoms with Crippen molar-refractivity contribution in [1.29, 1.82) is 0 Å². The lowest BCUT2D eigenvalue weighted by molar-refractivity contribution is -0.128. The van der Waals surface area contributed by atoms with Gasteiger partial charge in [-0.05, 0) is 12.2 Å². The van der Waals surface area contributed by atoms with Crippen molar-refractivity contribution in [2.75, 3.05) is 18.2 Å². The summed E-state index contributed by atoms with van der Waals surface area (Å²) in [7, 11) is 0. The number of carbonyl (C=O) groups is 1. The first-order valence-corrected chi connectivity index (χ1v) is 4.29. The van der Waals surface area contributed by atoms with Crippen molar-refractivity contribution >= 4 is 17.7 Å². The average Bonchev–Trinajstić information content (AvgIpc) is 1.90. The molecule has 0 aromatic heterocycles. The maximum atomic E-state index is 10.7. The van der Waals surface area contributed by atoms with Crippen LogP contribution in [0.15, 0.2) is 0 Å². The first-order valence-electron chi connectivity index (χ1n) is 3.14. The minimum atomic E-state index is 0.210. The van der Waals surface area contributed by atoms with Crippen LogP contribution >= 0.6 is 11.8 Å². The Morgan fingerprint density at radius 3 is 2.78 bits per heavy atom. The summed E-state index contributed by atoms with van der Waals surface area (Å²) in [6.45, 7) is 2.59. The third kappa shape index (κ3) is 1.90. The van der Waals surface area contributed by atoms with Gasteiger partial charge >= 0.3 is 0 Å². The maximum absolute atomic E-state index is 10.7. The van der Waals surface area contributed by atoms with Crippen LogP contribution < -0.4 is 0 Å². The van der Waals surface area contributed by atoms with E-state index in [1.165, 1.54) is 5.75 Å². The quantitative estimate of drug-likeness (QED) is 0.505. The molecule has 0 aromatic carbocycles. The zero-order chi connectivity index (χ0) is 6.69. The minimum Gasteiger partial charge on any atom is -0.334 e. The SMILES string of the molecule is CC(=O)N1CCCSC1. The molecule has 52 valence electrons. The van der Waals surface area contributed by atoms with Gasteiger partial charge in [0.05, 0.1) is 5.88 Å². The first-order chi connectivity index (χ1) is 4.30. The molecule has 0 bridgehead atoms. The van der Waals surface area contributed by atoms with Gasteiger partial charge in [0.25, 0.3) is 0 Å². The van der Waals surface area contributed by atoms with Gasteiger partial charge in [-0.1, -0.05) is 0 Å². The van der Waals surface area contributed by atoms with Crippen molar-refractivity contribution in [2.24, 2.45) is 0 Å². The van der Waals surface area contributed by atoms with Crippen molar-refractivity contribution in [3.05, 3.63) is 0 Å². The fourth-order valence-corrected chi connectivity index (χ4v) is 1.84. The van der Waals surface area contributed by atoms with Crippen LogP contribution in [0.3, 0.4) is 0 Å². The van der Waals surface area contributed by atoms with E-state index < -0.39 is 0 Å². The fraction of sp³-hybridized carbons (Fsp3) is 0.833. The van der Waals surface area contributed by atoms with Gasteiger partial charge in [0.1, 0.15) is 0 Å². The monoisotopic (exact) mass is 145 g/mol. The normalized spacial score (nSPS) is 19.9. The van der Waals surface area contributed by atoms with Gasteiger partial charge in [-0.2, -0.15) is 0 Å². The van der Waals surface area contributed by atoms with Gasteiger partial charge < -0.3 is 4.90 Å². The summed E-state index contributed by atoms with van der Waals surface area (Å²) in [6, 6.07) is 0. The number of hydrogen-bond donors (Lipinski definition) is 0. The third-order valence-electron chi connectivity index (χ3n) is 1.41. The molecule has 1 rings (SSSR count). The van der Waals surface area contributed by atoms with E-state index in [1.807, 2.05) is 16.7 Å². The summed E-state index contributed by atoms with van der Waals surface area (Å²) >= 11 is 1.84. The van der Waals surface area contributed by atoms with Crippen molar-refractivity contribution in [3.63, 3.8) is 0 Å². The number of nitrogens with zero attached hydrogens (tertiary/aromatic N) is 1. The number of amides is 1. The highest BCUT2D eigenvalue weighted by atomic mass is 32.2. The molecule has 1 aliphatic rings. The van der Waals surface area contributed by atoms with Crippen molar-refractivity contribution in [1.82, 2.24) is 4.90 Å². The molecule has 0 aliphatic carbocycles. The zero-order valence-corrected chi connectivity index (χ0v) is 6.41. The van der Waals surface area contributed by atoms with Gasteiger partial charge in [0, 0.05) is 13.5 Å². The van der Waals surface area contributed by atoms with E-state index in [2.05, 4.69) is 0 Å². The van der Waals surface area contributed by atoms with E-state index in [9.17, 15) is 4.79 Å². The number of rotatable bonds is 0. The molecule has 1 fully saturated rings. The molecule has 0 unspecified atom stereocenters. The highest BCUT2D eigenvalue weighted by Gasteiger charge is 2.11. The molecule has 0 spiro atoms. The molecule has 0 radical (unpaired) electrons. The second kappa shape index (κ2) is 3.11. The van der Waals surface area contributed by atoms with Gasteiger partial charge in [-0.15, -0.1) is 11.8 Å². The van der Waals surface area contributed by atoms with E-state index in [1.54, 1.807) is 6.92 Å². The Labute approximate surface area is 59.6 Å². The van der Waals surface area contributed by atoms with Crippen molar-refractivity contribution < 1.29 is 4.79 Å². The largest absolute Gasteiger partial charge is 0.334 e. The van der Waals surface area contributed by atoms with E-state index in [0.29, 0.717) is 0 Å². The summed E-state index contributed by atoms with van der Waals surface area (Å²) in [6.07, 6.45) is 1.16. The zero-order valence-electron chi connectivity index (χ0n) is 5.59. The average molecular weight is 145 g/mol. The van der Waals surface area contributed by atoms with Crippen LogP contribution in [0, 0.1) is 0 Å². The highest BCUT2D eigenvalue weighted by molar-refractivity contribution is 7.99. The Kier molecular flexibility index (Phi) is 2.39. The molecular weight excluding hydrogens is 134 g/mol. The Hall–Kier alpha value is -0.180. The summed E-state index contributed by atoms with van der Waals surface area (Å²) in [5.41, 5.74) is 0. The second-order valence-electron chi connectivity index (χ2n) is 2.17. The van der Waals surface area contributed by atoms with Crippen molar-refractivity contribution in [2.45, 2.75) is 13.3 Å². The molecule has 0 atom stereocenters. The molecule has 2 nitrogen and oxygen atoms in total. The second-order valence-corrected chi connectivity index (χ2v) is 3.25. The molecule has 1 amide bonds. The number of thioether (sulfide) groups is 1. The Morgan fingerprint density at radius 1 is 1.67 bits per heavy atom. The fourth-order valence-electron chi connectivity index (χ4n) is 0.845. The predicted octanol–water partition coefficient (Wildman–Crippen LogP) is 0.929. The Morgan fingerprint density at radius 2 is 2.44 bits per heavy atom. The van der Waals surface area contributed by atoms with Crippen LogP contribution in [0.2, 0.25) is 0 Å². The summed E-state index contributed by atoms with van der Waals surface area (Å²) in [5, 5.41) is 0. The maximum Gasteiger partial charge on any atom is 0.220 e. The molecule has 1 aliphatic heterocycles. The van der Waals surface area contributed by atoms with Gasteiger partial charge in [0.2, 0.25) is 5.91 Å². The molecule has 3 heteroatoms. The molecule has 1 saturated heterocycles. The molecule has 0 aromatic rings. The van der Waals surface area contributed by atoms with Gasteiger partial charge in [-0.3, -0.25) is 4.79 Å². The van der Waals surface area contributed by atoms with Crippen molar-refractivity contribution in [3.8, 4) is 0 Å². The van der Waals surface area contributed by atoms with E-state index in [4.69, 9.17) is 0 Å². The lowest BCUT2D eigenvalue weighted by Crippen LogP contribution is -2.32. The minimum absolute atomic E-state index is 0.210. The number of carbonyl (C=O) groups excluding carboxylic acids is 1. The number of hydrogen-bond acceptors (Lipinski definition) is 2. The predicted molar refractivity (Wildman–Crippen MR) is 39.3 cm³/mol. The topological polar surface area (TPSA) is 20.3 Å². The van der Waals surface area contributed by atoms with Crippen LogP contribution in [0.25, 0.3) is 0 Å². The molecule has 0 saturated carbocycles. The summed E-state index contributed by atoms with van der Waals surface area (Å²) in [4.78, 5) is 12.6. The molecule has 1 heterocycles. The summed E-state index contributed by atoms with van der Waals surface area (Å²) < 4.78 is 0. The van der Waals surface area contributed by atoms with Gasteiger partial charge in [0.15, 0.2) is 0 Å². The van der Waals surface area contributed by atoms with Crippen LogP contribution in [-0.4, -0.2) is 29.0 Å². The van der Waals surface area contributed by atoms with E-state index >= 15 is 0 Å². The molecule has 0 N–H and O–H groups in total. The lowest BCUT2D eigenvalue weighted by Gasteiger charge is -2.24. The lowest BCUT2D eigenvalue weighted by atomic mass is 10.4. The third-order valence-corrected chi connectivity index (χ3v) is 2.48. The molecule has 9 heavy (non-hydrogen) atoms. The van der Waals surface area contributed by atoms with E-state index in [0.717, 1.165) is 18.8 Å². The smallest absolute Gasteiger partial charge is 0.220 e. The molecular formula is C6H11NOS. The van der Waals surface area contributed by atoms with Gasteiger partial charge in [-0.25, -0.2) is 0 Å². The first kappa shape index (κ1) is 6.93.